The Hall–Kier alpha value is -0.0400. The van der Waals surface area contributed by atoms with Crippen LogP contribution < -0.4 is 0 Å². The summed E-state index contributed by atoms with van der Waals surface area (Å²) in [5.74, 6) is 2.60. The van der Waals surface area contributed by atoms with Crippen molar-refractivity contribution in [2.75, 3.05) is 6.61 Å². The van der Waals surface area contributed by atoms with Gasteiger partial charge in [0.25, 0.3) is 0 Å². The molecule has 0 bridgehead atoms. The number of aliphatic hydroxyl groups excluding tert-OH is 1. The zero-order chi connectivity index (χ0) is 12.0. The first-order chi connectivity index (χ1) is 7.41. The summed E-state index contributed by atoms with van der Waals surface area (Å²) in [4.78, 5) is 0. The van der Waals surface area contributed by atoms with Crippen LogP contribution in [-0.2, 0) is 0 Å². The van der Waals surface area contributed by atoms with Crippen molar-refractivity contribution < 1.29 is 5.11 Å². The highest BCUT2D eigenvalue weighted by Crippen LogP contribution is 2.56. The molecule has 0 aliphatic heterocycles. The van der Waals surface area contributed by atoms with Gasteiger partial charge in [-0.3, -0.25) is 0 Å². The Morgan fingerprint density at radius 1 is 1.19 bits per heavy atom. The predicted molar refractivity (Wildman–Crippen MR) is 68.2 cm³/mol. The van der Waals surface area contributed by atoms with Crippen molar-refractivity contribution in [2.45, 2.75) is 59.8 Å². The number of hydrogen-bond acceptors (Lipinski definition) is 1. The monoisotopic (exact) mass is 224 g/mol. The summed E-state index contributed by atoms with van der Waals surface area (Å²) in [7, 11) is 0. The van der Waals surface area contributed by atoms with Gasteiger partial charge in [-0.2, -0.15) is 0 Å². The molecule has 0 heterocycles. The SMILES string of the molecule is CC1CC(CCC2(CO)CC2)C(C)(C)C1C. The molecule has 2 aliphatic carbocycles. The average molecular weight is 224 g/mol. The first-order valence-corrected chi connectivity index (χ1v) is 7.02. The molecular formula is C15H28O. The summed E-state index contributed by atoms with van der Waals surface area (Å²) in [5, 5.41) is 9.36. The lowest BCUT2D eigenvalue weighted by Crippen LogP contribution is -2.25. The molecule has 0 aromatic heterocycles. The van der Waals surface area contributed by atoms with Crippen LogP contribution in [-0.4, -0.2) is 11.7 Å². The first-order valence-electron chi connectivity index (χ1n) is 7.02. The van der Waals surface area contributed by atoms with Crippen LogP contribution in [0.1, 0.15) is 59.8 Å². The lowest BCUT2D eigenvalue weighted by Gasteiger charge is -2.32. The van der Waals surface area contributed by atoms with Crippen LogP contribution in [0.15, 0.2) is 0 Å². The average Bonchev–Trinajstić information content (AvgIpc) is 2.99. The quantitative estimate of drug-likeness (QED) is 0.769. The molecule has 0 aromatic rings. The molecule has 3 unspecified atom stereocenters. The van der Waals surface area contributed by atoms with E-state index >= 15 is 0 Å². The van der Waals surface area contributed by atoms with Gasteiger partial charge < -0.3 is 5.11 Å². The highest BCUT2D eigenvalue weighted by Gasteiger charge is 2.47. The van der Waals surface area contributed by atoms with E-state index in [9.17, 15) is 5.11 Å². The van der Waals surface area contributed by atoms with E-state index in [0.29, 0.717) is 17.4 Å². The molecule has 1 N–H and O–H groups in total. The van der Waals surface area contributed by atoms with Gasteiger partial charge in [0.2, 0.25) is 0 Å². The first kappa shape index (κ1) is 12.4. The summed E-state index contributed by atoms with van der Waals surface area (Å²) in [6.45, 7) is 10.1. The van der Waals surface area contributed by atoms with E-state index in [1.807, 2.05) is 0 Å². The van der Waals surface area contributed by atoms with Gasteiger partial charge in [0.1, 0.15) is 0 Å². The van der Waals surface area contributed by atoms with Crippen molar-refractivity contribution >= 4 is 0 Å². The summed E-state index contributed by atoms with van der Waals surface area (Å²) in [6, 6.07) is 0. The number of rotatable bonds is 4. The number of hydrogen-bond donors (Lipinski definition) is 1. The molecule has 0 spiro atoms. The highest BCUT2D eigenvalue weighted by atomic mass is 16.3. The van der Waals surface area contributed by atoms with E-state index < -0.39 is 0 Å². The Labute approximate surface area is 101 Å². The minimum absolute atomic E-state index is 0.352. The zero-order valence-corrected chi connectivity index (χ0v) is 11.4. The normalized spacial score (nSPS) is 39.9. The fraction of sp³-hybridized carbons (Fsp3) is 1.00. The van der Waals surface area contributed by atoms with Gasteiger partial charge in [-0.15, -0.1) is 0 Å². The van der Waals surface area contributed by atoms with Crippen LogP contribution in [0.3, 0.4) is 0 Å². The standard InChI is InChI=1S/C15H28O/c1-11-9-13(14(3,4)12(11)2)5-6-15(10-16)7-8-15/h11-13,16H,5-10H2,1-4H3. The zero-order valence-electron chi connectivity index (χ0n) is 11.4. The van der Waals surface area contributed by atoms with E-state index in [4.69, 9.17) is 0 Å². The fourth-order valence-corrected chi connectivity index (χ4v) is 3.70. The second kappa shape index (κ2) is 4.01. The Morgan fingerprint density at radius 3 is 2.19 bits per heavy atom. The Balaban J connectivity index is 1.90. The Bertz CT molecular complexity index is 252. The van der Waals surface area contributed by atoms with E-state index in [1.54, 1.807) is 0 Å². The molecule has 0 radical (unpaired) electrons. The minimum atomic E-state index is 0.352. The smallest absolute Gasteiger partial charge is 0.0487 e. The molecule has 2 saturated carbocycles. The van der Waals surface area contributed by atoms with E-state index in [2.05, 4.69) is 27.7 Å². The molecule has 94 valence electrons. The molecule has 0 saturated heterocycles. The molecule has 0 aromatic carbocycles. The number of aliphatic hydroxyl groups is 1. The molecule has 2 fully saturated rings. The molecule has 1 nitrogen and oxygen atoms in total. The Morgan fingerprint density at radius 2 is 1.81 bits per heavy atom. The molecular weight excluding hydrogens is 196 g/mol. The van der Waals surface area contributed by atoms with Crippen LogP contribution in [0.25, 0.3) is 0 Å². The molecule has 0 amide bonds. The van der Waals surface area contributed by atoms with Gasteiger partial charge in [0, 0.05) is 6.61 Å². The highest BCUT2D eigenvalue weighted by molar-refractivity contribution is 4.97. The van der Waals surface area contributed by atoms with Crippen molar-refractivity contribution in [3.05, 3.63) is 0 Å². The largest absolute Gasteiger partial charge is 0.396 e. The van der Waals surface area contributed by atoms with Gasteiger partial charge >= 0.3 is 0 Å². The molecule has 1 heteroatoms. The maximum absolute atomic E-state index is 9.36. The summed E-state index contributed by atoms with van der Waals surface area (Å²) < 4.78 is 0. The summed E-state index contributed by atoms with van der Waals surface area (Å²) >= 11 is 0. The third-order valence-electron chi connectivity index (χ3n) is 6.05. The third kappa shape index (κ3) is 2.03. The fourth-order valence-electron chi connectivity index (χ4n) is 3.70. The van der Waals surface area contributed by atoms with Crippen molar-refractivity contribution in [1.29, 1.82) is 0 Å². The summed E-state index contributed by atoms with van der Waals surface area (Å²) in [5.41, 5.74) is 0.857. The third-order valence-corrected chi connectivity index (χ3v) is 6.05. The predicted octanol–water partition coefficient (Wildman–Crippen LogP) is 3.86. The topological polar surface area (TPSA) is 20.2 Å². The van der Waals surface area contributed by atoms with Crippen molar-refractivity contribution in [3.63, 3.8) is 0 Å². The second-order valence-electron chi connectivity index (χ2n) is 7.22. The molecule has 3 atom stereocenters. The van der Waals surface area contributed by atoms with Crippen LogP contribution in [0.4, 0.5) is 0 Å². The lowest BCUT2D eigenvalue weighted by atomic mass is 9.73. The molecule has 16 heavy (non-hydrogen) atoms. The van der Waals surface area contributed by atoms with Crippen molar-refractivity contribution in [3.8, 4) is 0 Å². The van der Waals surface area contributed by atoms with E-state index in [0.717, 1.165) is 17.8 Å². The minimum Gasteiger partial charge on any atom is -0.396 e. The van der Waals surface area contributed by atoms with Crippen LogP contribution in [0, 0.1) is 28.6 Å². The van der Waals surface area contributed by atoms with E-state index in [1.165, 1.54) is 32.1 Å². The van der Waals surface area contributed by atoms with Crippen molar-refractivity contribution in [2.24, 2.45) is 28.6 Å². The van der Waals surface area contributed by atoms with Crippen molar-refractivity contribution in [1.82, 2.24) is 0 Å². The lowest BCUT2D eigenvalue weighted by molar-refractivity contribution is 0.150. The van der Waals surface area contributed by atoms with Gasteiger partial charge in [-0.25, -0.2) is 0 Å². The second-order valence-corrected chi connectivity index (χ2v) is 7.22. The van der Waals surface area contributed by atoms with Crippen LogP contribution in [0.5, 0.6) is 0 Å². The summed E-state index contributed by atoms with van der Waals surface area (Å²) in [6.07, 6.45) is 6.53. The van der Waals surface area contributed by atoms with Gasteiger partial charge in [-0.05, 0) is 60.7 Å². The van der Waals surface area contributed by atoms with Gasteiger partial charge in [0.05, 0.1) is 0 Å². The van der Waals surface area contributed by atoms with Gasteiger partial charge in [-0.1, -0.05) is 27.7 Å². The maximum Gasteiger partial charge on any atom is 0.0487 e. The Kier molecular flexibility index (Phi) is 3.11. The maximum atomic E-state index is 9.36. The molecule has 2 rings (SSSR count). The van der Waals surface area contributed by atoms with Crippen LogP contribution in [0.2, 0.25) is 0 Å². The van der Waals surface area contributed by atoms with E-state index in [-0.39, 0.29) is 0 Å². The van der Waals surface area contributed by atoms with Crippen LogP contribution >= 0.6 is 0 Å². The van der Waals surface area contributed by atoms with Gasteiger partial charge in [0.15, 0.2) is 0 Å². The molecule has 2 aliphatic rings.